The van der Waals surface area contributed by atoms with Crippen molar-refractivity contribution in [3.63, 3.8) is 0 Å². The highest BCUT2D eigenvalue weighted by Crippen LogP contribution is 2.23. The minimum atomic E-state index is -0.619. The topological polar surface area (TPSA) is 71.5 Å². The van der Waals surface area contributed by atoms with Gasteiger partial charge in [0.2, 0.25) is 0 Å². The third-order valence-electron chi connectivity index (χ3n) is 3.74. The molecule has 2 aromatic carbocycles. The molecule has 0 saturated heterocycles. The van der Waals surface area contributed by atoms with Crippen LogP contribution in [0.1, 0.15) is 10.5 Å². The van der Waals surface area contributed by atoms with E-state index in [0.29, 0.717) is 5.69 Å². The van der Waals surface area contributed by atoms with Crippen molar-refractivity contribution in [2.45, 2.75) is 0 Å². The monoisotopic (exact) mass is 381 g/mol. The normalized spacial score (nSPS) is 10.3. The van der Waals surface area contributed by atoms with E-state index in [1.165, 1.54) is 11.3 Å². The van der Waals surface area contributed by atoms with E-state index in [2.05, 4.69) is 10.3 Å². The number of benzene rings is 2. The van der Waals surface area contributed by atoms with E-state index in [9.17, 15) is 9.59 Å². The second-order valence-electron chi connectivity index (χ2n) is 5.97. The zero-order valence-electron chi connectivity index (χ0n) is 15.0. The molecule has 6 nitrogen and oxygen atoms in total. The summed E-state index contributed by atoms with van der Waals surface area (Å²) in [6.07, 6.45) is 0. The van der Waals surface area contributed by atoms with Crippen LogP contribution in [0.2, 0.25) is 0 Å². The first kappa shape index (κ1) is 18.6. The lowest BCUT2D eigenvalue weighted by atomic mass is 10.2. The lowest BCUT2D eigenvalue weighted by Crippen LogP contribution is -2.21. The van der Waals surface area contributed by atoms with Gasteiger partial charge in [-0.25, -0.2) is 9.78 Å². The molecule has 1 heterocycles. The molecule has 27 heavy (non-hydrogen) atoms. The van der Waals surface area contributed by atoms with Gasteiger partial charge in [0.15, 0.2) is 12.3 Å². The minimum absolute atomic E-state index is 0.196. The van der Waals surface area contributed by atoms with Gasteiger partial charge in [-0.1, -0.05) is 30.3 Å². The molecule has 0 fully saturated rings. The molecular formula is C20H19N3O3S. The van der Waals surface area contributed by atoms with E-state index in [1.54, 1.807) is 17.5 Å². The van der Waals surface area contributed by atoms with Gasteiger partial charge in [-0.2, -0.15) is 0 Å². The number of thiazole rings is 1. The molecule has 3 rings (SSSR count). The van der Waals surface area contributed by atoms with Gasteiger partial charge in [0.1, 0.15) is 5.01 Å². The number of anilines is 2. The van der Waals surface area contributed by atoms with Crippen LogP contribution in [-0.2, 0) is 9.53 Å². The van der Waals surface area contributed by atoms with Crippen LogP contribution in [0.15, 0.2) is 60.0 Å². The average molecular weight is 381 g/mol. The van der Waals surface area contributed by atoms with Crippen LogP contribution < -0.4 is 10.2 Å². The van der Waals surface area contributed by atoms with E-state index in [-0.39, 0.29) is 12.3 Å². The molecule has 0 aliphatic heterocycles. The van der Waals surface area contributed by atoms with Crippen molar-refractivity contribution in [1.82, 2.24) is 4.98 Å². The molecule has 0 bridgehead atoms. The maximum atomic E-state index is 12.1. The van der Waals surface area contributed by atoms with Gasteiger partial charge in [-0.3, -0.25) is 4.79 Å². The van der Waals surface area contributed by atoms with Gasteiger partial charge in [0.25, 0.3) is 5.91 Å². The summed E-state index contributed by atoms with van der Waals surface area (Å²) in [5, 5.41) is 5.05. The molecule has 0 atom stereocenters. The zero-order valence-corrected chi connectivity index (χ0v) is 15.8. The molecule has 1 amide bonds. The number of esters is 1. The summed E-state index contributed by atoms with van der Waals surface area (Å²) >= 11 is 1.35. The van der Waals surface area contributed by atoms with Crippen LogP contribution in [-0.4, -0.2) is 37.6 Å². The molecular weight excluding hydrogens is 362 g/mol. The molecule has 0 aliphatic rings. The van der Waals surface area contributed by atoms with Crippen LogP contribution in [0.4, 0.5) is 11.4 Å². The molecule has 7 heteroatoms. The summed E-state index contributed by atoms with van der Waals surface area (Å²) in [6.45, 7) is -0.369. The summed E-state index contributed by atoms with van der Waals surface area (Å²) in [5.41, 5.74) is 2.79. The SMILES string of the molecule is CN(C)c1ccc(NC(=O)COC(=O)c2csc(-c3ccccc3)n2)cc1. The summed E-state index contributed by atoms with van der Waals surface area (Å²) in [7, 11) is 3.88. The van der Waals surface area contributed by atoms with E-state index in [0.717, 1.165) is 16.3 Å². The van der Waals surface area contributed by atoms with Crippen molar-refractivity contribution < 1.29 is 14.3 Å². The second-order valence-corrected chi connectivity index (χ2v) is 6.83. The van der Waals surface area contributed by atoms with E-state index in [1.807, 2.05) is 61.5 Å². The van der Waals surface area contributed by atoms with E-state index in [4.69, 9.17) is 4.74 Å². The maximum absolute atomic E-state index is 12.1. The van der Waals surface area contributed by atoms with Crippen molar-refractivity contribution >= 4 is 34.6 Å². The number of aromatic nitrogens is 1. The molecule has 1 aromatic heterocycles. The third-order valence-corrected chi connectivity index (χ3v) is 4.63. The number of nitrogens with zero attached hydrogens (tertiary/aromatic N) is 2. The number of rotatable bonds is 6. The van der Waals surface area contributed by atoms with Crippen LogP contribution >= 0.6 is 11.3 Å². The first-order valence-electron chi connectivity index (χ1n) is 8.28. The lowest BCUT2D eigenvalue weighted by Gasteiger charge is -2.13. The molecule has 0 unspecified atom stereocenters. The van der Waals surface area contributed by atoms with Gasteiger partial charge in [0.05, 0.1) is 0 Å². The van der Waals surface area contributed by atoms with Gasteiger partial charge in [-0.15, -0.1) is 11.3 Å². The Balaban J connectivity index is 1.53. The van der Waals surface area contributed by atoms with Crippen molar-refractivity contribution in [2.75, 3.05) is 30.9 Å². The largest absolute Gasteiger partial charge is 0.451 e. The maximum Gasteiger partial charge on any atom is 0.358 e. The standard InChI is InChI=1S/C20H19N3O3S/c1-23(2)16-10-8-15(9-11-16)21-18(24)12-26-20(25)17-13-27-19(22-17)14-6-4-3-5-7-14/h3-11,13H,12H2,1-2H3,(H,21,24). The Hall–Kier alpha value is -3.19. The third kappa shape index (κ3) is 4.92. The Labute approximate surface area is 161 Å². The number of ether oxygens (including phenoxy) is 1. The average Bonchev–Trinajstić information content (AvgIpc) is 3.17. The summed E-state index contributed by atoms with van der Waals surface area (Å²) in [5.74, 6) is -1.02. The zero-order chi connectivity index (χ0) is 19.2. The highest BCUT2D eigenvalue weighted by Gasteiger charge is 2.15. The highest BCUT2D eigenvalue weighted by molar-refractivity contribution is 7.13. The van der Waals surface area contributed by atoms with Gasteiger partial charge in [-0.05, 0) is 24.3 Å². The molecule has 0 aliphatic carbocycles. The first-order valence-corrected chi connectivity index (χ1v) is 9.16. The fourth-order valence-electron chi connectivity index (χ4n) is 2.33. The summed E-state index contributed by atoms with van der Waals surface area (Å²) in [6, 6.07) is 16.9. The predicted molar refractivity (Wildman–Crippen MR) is 107 cm³/mol. The van der Waals surface area contributed by atoms with Crippen LogP contribution in [0.3, 0.4) is 0 Å². The van der Waals surface area contributed by atoms with Gasteiger partial charge in [0, 0.05) is 36.4 Å². The van der Waals surface area contributed by atoms with Crippen molar-refractivity contribution in [3.8, 4) is 10.6 Å². The molecule has 1 N–H and O–H groups in total. The summed E-state index contributed by atoms with van der Waals surface area (Å²) < 4.78 is 5.06. The Morgan fingerprint density at radius 3 is 2.44 bits per heavy atom. The first-order chi connectivity index (χ1) is 13.0. The Bertz CT molecular complexity index is 921. The predicted octanol–water partition coefficient (Wildman–Crippen LogP) is 3.67. The Morgan fingerprint density at radius 1 is 1.07 bits per heavy atom. The van der Waals surface area contributed by atoms with Gasteiger partial charge >= 0.3 is 5.97 Å². The Morgan fingerprint density at radius 2 is 1.78 bits per heavy atom. The van der Waals surface area contributed by atoms with E-state index >= 15 is 0 Å². The lowest BCUT2D eigenvalue weighted by molar-refractivity contribution is -0.119. The van der Waals surface area contributed by atoms with Gasteiger partial charge < -0.3 is 15.0 Å². The van der Waals surface area contributed by atoms with Crippen molar-refractivity contribution in [1.29, 1.82) is 0 Å². The summed E-state index contributed by atoms with van der Waals surface area (Å²) in [4.78, 5) is 30.3. The number of carbonyl (C=O) groups excluding carboxylic acids is 2. The Kier molecular flexibility index (Phi) is 5.83. The fraction of sp³-hybridized carbons (Fsp3) is 0.150. The van der Waals surface area contributed by atoms with Crippen molar-refractivity contribution in [3.05, 3.63) is 65.7 Å². The molecule has 0 radical (unpaired) electrons. The molecule has 0 spiro atoms. The molecule has 3 aromatic rings. The number of hydrogen-bond acceptors (Lipinski definition) is 6. The smallest absolute Gasteiger partial charge is 0.358 e. The van der Waals surface area contributed by atoms with Crippen LogP contribution in [0.5, 0.6) is 0 Å². The minimum Gasteiger partial charge on any atom is -0.451 e. The van der Waals surface area contributed by atoms with Crippen LogP contribution in [0, 0.1) is 0 Å². The number of hydrogen-bond donors (Lipinski definition) is 1. The molecule has 0 saturated carbocycles. The van der Waals surface area contributed by atoms with E-state index < -0.39 is 11.9 Å². The second kappa shape index (κ2) is 8.46. The van der Waals surface area contributed by atoms with Crippen molar-refractivity contribution in [2.24, 2.45) is 0 Å². The number of amides is 1. The highest BCUT2D eigenvalue weighted by atomic mass is 32.1. The number of carbonyl (C=O) groups is 2. The quantitative estimate of drug-likeness (QED) is 0.660. The molecule has 138 valence electrons. The van der Waals surface area contributed by atoms with Crippen LogP contribution in [0.25, 0.3) is 10.6 Å². The fourth-order valence-corrected chi connectivity index (χ4v) is 3.12. The number of nitrogens with one attached hydrogen (secondary N) is 1.